The van der Waals surface area contributed by atoms with Crippen molar-refractivity contribution < 1.29 is 65.1 Å². The molecule has 9 N–H and O–H groups in total. The van der Waals surface area contributed by atoms with Crippen LogP contribution in [0, 0.1) is 0 Å². The summed E-state index contributed by atoms with van der Waals surface area (Å²) < 4.78 is 4.16. The molecule has 0 aromatic heterocycles. The molecule has 0 aliphatic carbocycles. The molecule has 25 heavy (non-hydrogen) atoms. The number of hydrogen-bond donors (Lipinski definition) is 9. The molecule has 0 amide bonds. The van der Waals surface area contributed by atoms with Gasteiger partial charge in [0, 0.05) is 0 Å². The topological polar surface area (TPSA) is 243 Å². The van der Waals surface area contributed by atoms with Crippen molar-refractivity contribution in [2.24, 2.45) is 0 Å². The second-order valence-electron chi connectivity index (χ2n) is 5.19. The van der Waals surface area contributed by atoms with Crippen molar-refractivity contribution in [1.82, 2.24) is 0 Å². The molecule has 0 saturated carbocycles. The van der Waals surface area contributed by atoms with Crippen LogP contribution >= 0.6 is 0 Å². The Bertz CT molecular complexity index is 480. The monoisotopic (exact) mass is 372 g/mol. The molecular weight excluding hydrogens is 352 g/mol. The van der Waals surface area contributed by atoms with Gasteiger partial charge in [0.05, 0.1) is 19.4 Å². The molecule has 146 valence electrons. The lowest BCUT2D eigenvalue weighted by molar-refractivity contribution is -0.217. The molecule has 6 atom stereocenters. The number of esters is 1. The fraction of sp³-hybridized carbons (Fsp3) is 0.750. The SMILES string of the molecule is O=C(O)CC(O)(CC(=O)OC(O)[C@@H](O)[C@@H](O)[C@H](O)[C@H](O)CO)C(=O)O. The summed E-state index contributed by atoms with van der Waals surface area (Å²) >= 11 is 0. The fourth-order valence-corrected chi connectivity index (χ4v) is 1.66. The molecule has 0 saturated heterocycles. The number of carbonyl (C=O) groups is 3. The number of carbonyl (C=O) groups excluding carboxylic acids is 1. The van der Waals surface area contributed by atoms with E-state index in [1.54, 1.807) is 0 Å². The molecule has 0 aromatic rings. The average Bonchev–Trinajstić information content (AvgIpc) is 2.50. The third kappa shape index (κ3) is 6.87. The van der Waals surface area contributed by atoms with Gasteiger partial charge in [-0.15, -0.1) is 0 Å². The minimum Gasteiger partial charge on any atom is -0.481 e. The minimum atomic E-state index is -3.04. The minimum absolute atomic E-state index is 0.998. The van der Waals surface area contributed by atoms with E-state index in [0.29, 0.717) is 0 Å². The first kappa shape index (κ1) is 23.1. The molecule has 0 radical (unpaired) electrons. The molecule has 0 aliphatic heterocycles. The van der Waals surface area contributed by atoms with Gasteiger partial charge in [-0.3, -0.25) is 9.59 Å². The molecule has 13 nitrogen and oxygen atoms in total. The second-order valence-corrected chi connectivity index (χ2v) is 5.19. The van der Waals surface area contributed by atoms with E-state index in [4.69, 9.17) is 20.4 Å². The number of aliphatic hydroxyl groups is 7. The highest BCUT2D eigenvalue weighted by atomic mass is 16.6. The number of aliphatic carboxylic acids is 2. The van der Waals surface area contributed by atoms with Crippen LogP contribution in [0.4, 0.5) is 0 Å². The van der Waals surface area contributed by atoms with E-state index in [-0.39, 0.29) is 0 Å². The quantitative estimate of drug-likeness (QED) is 0.122. The van der Waals surface area contributed by atoms with Gasteiger partial charge in [-0.1, -0.05) is 0 Å². The Morgan fingerprint density at radius 1 is 0.880 bits per heavy atom. The van der Waals surface area contributed by atoms with Crippen LogP contribution in [0.3, 0.4) is 0 Å². The van der Waals surface area contributed by atoms with Crippen LogP contribution in [-0.4, -0.2) is 107 Å². The Kier molecular flexibility index (Phi) is 8.86. The van der Waals surface area contributed by atoms with E-state index < -0.39 is 73.7 Å². The summed E-state index contributed by atoms with van der Waals surface area (Å²) in [6.07, 6.45) is -14.0. The summed E-state index contributed by atoms with van der Waals surface area (Å²) in [5, 5.41) is 82.3. The van der Waals surface area contributed by atoms with E-state index in [0.717, 1.165) is 0 Å². The molecule has 0 bridgehead atoms. The Morgan fingerprint density at radius 2 is 1.40 bits per heavy atom. The van der Waals surface area contributed by atoms with Crippen molar-refractivity contribution in [3.8, 4) is 0 Å². The van der Waals surface area contributed by atoms with Gasteiger partial charge in [-0.05, 0) is 0 Å². The van der Waals surface area contributed by atoms with Crippen molar-refractivity contribution >= 4 is 17.9 Å². The Hall–Kier alpha value is -1.87. The largest absolute Gasteiger partial charge is 0.481 e. The Labute approximate surface area is 139 Å². The number of carboxylic acids is 2. The first-order chi connectivity index (χ1) is 11.4. The third-order valence-corrected chi connectivity index (χ3v) is 3.10. The highest BCUT2D eigenvalue weighted by molar-refractivity contribution is 5.88. The molecule has 0 fully saturated rings. The van der Waals surface area contributed by atoms with Crippen molar-refractivity contribution in [3.05, 3.63) is 0 Å². The van der Waals surface area contributed by atoms with E-state index in [1.807, 2.05) is 0 Å². The van der Waals surface area contributed by atoms with Gasteiger partial charge in [0.25, 0.3) is 0 Å². The summed E-state index contributed by atoms with van der Waals surface area (Å²) in [7, 11) is 0. The lowest BCUT2D eigenvalue weighted by Gasteiger charge is -2.28. The van der Waals surface area contributed by atoms with Crippen LogP contribution in [0.1, 0.15) is 12.8 Å². The first-order valence-corrected chi connectivity index (χ1v) is 6.74. The standard InChI is InChI=1S/C12H20O13/c13-3-4(14)7(18)8(19)9(20)10(21)25-6(17)2-12(24,11(22)23)1-5(15)16/h4,7-10,13-14,18-21,24H,1-3H2,(H,15,16)(H,22,23)/t4-,7-,8+,9+,10?,12?/m1/s1. The van der Waals surface area contributed by atoms with Crippen molar-refractivity contribution in [1.29, 1.82) is 0 Å². The molecule has 0 heterocycles. The van der Waals surface area contributed by atoms with E-state index >= 15 is 0 Å². The van der Waals surface area contributed by atoms with Crippen LogP contribution < -0.4 is 0 Å². The van der Waals surface area contributed by atoms with Crippen LogP contribution in [0.5, 0.6) is 0 Å². The first-order valence-electron chi connectivity index (χ1n) is 6.74. The Balaban J connectivity index is 4.87. The fourth-order valence-electron chi connectivity index (χ4n) is 1.66. The maximum Gasteiger partial charge on any atom is 0.336 e. The molecule has 0 rings (SSSR count). The van der Waals surface area contributed by atoms with E-state index in [2.05, 4.69) is 4.74 Å². The number of ether oxygens (including phenoxy) is 1. The van der Waals surface area contributed by atoms with Crippen molar-refractivity contribution in [2.45, 2.75) is 49.1 Å². The molecule has 2 unspecified atom stereocenters. The predicted octanol–water partition coefficient (Wildman–Crippen LogP) is -5.04. The summed E-state index contributed by atoms with van der Waals surface area (Å²) in [5.41, 5.74) is -3.04. The smallest absolute Gasteiger partial charge is 0.336 e. The van der Waals surface area contributed by atoms with Gasteiger partial charge in [0.2, 0.25) is 6.29 Å². The maximum atomic E-state index is 11.5. The lowest BCUT2D eigenvalue weighted by atomic mass is 9.96. The van der Waals surface area contributed by atoms with Gasteiger partial charge in [-0.25, -0.2) is 4.79 Å². The molecule has 0 spiro atoms. The zero-order chi connectivity index (χ0) is 19.9. The Morgan fingerprint density at radius 3 is 1.80 bits per heavy atom. The molecule has 0 aliphatic rings. The zero-order valence-electron chi connectivity index (χ0n) is 12.7. The number of aliphatic hydroxyl groups excluding tert-OH is 6. The van der Waals surface area contributed by atoms with E-state index in [9.17, 15) is 39.9 Å². The van der Waals surface area contributed by atoms with Gasteiger partial charge in [0.15, 0.2) is 5.60 Å². The number of carboxylic acid groups (broad SMARTS) is 2. The third-order valence-electron chi connectivity index (χ3n) is 3.10. The predicted molar refractivity (Wildman–Crippen MR) is 72.7 cm³/mol. The number of hydrogen-bond acceptors (Lipinski definition) is 11. The van der Waals surface area contributed by atoms with Gasteiger partial charge >= 0.3 is 17.9 Å². The second kappa shape index (κ2) is 9.57. The maximum absolute atomic E-state index is 11.5. The highest BCUT2D eigenvalue weighted by Crippen LogP contribution is 2.18. The van der Waals surface area contributed by atoms with Gasteiger partial charge in [0.1, 0.15) is 24.4 Å². The van der Waals surface area contributed by atoms with Gasteiger partial charge in [-0.2, -0.15) is 0 Å². The van der Waals surface area contributed by atoms with Crippen molar-refractivity contribution in [3.63, 3.8) is 0 Å². The molecular formula is C12H20O13. The number of rotatable bonds is 11. The van der Waals surface area contributed by atoms with Crippen molar-refractivity contribution in [2.75, 3.05) is 6.61 Å². The van der Waals surface area contributed by atoms with Crippen LogP contribution in [0.15, 0.2) is 0 Å². The van der Waals surface area contributed by atoms with Crippen LogP contribution in [-0.2, 0) is 19.1 Å². The molecule has 13 heteroatoms. The summed E-state index contributed by atoms with van der Waals surface area (Å²) in [6, 6.07) is 0. The van der Waals surface area contributed by atoms with Crippen LogP contribution in [0.25, 0.3) is 0 Å². The normalized spacial score (nSPS) is 19.8. The van der Waals surface area contributed by atoms with E-state index in [1.165, 1.54) is 0 Å². The zero-order valence-corrected chi connectivity index (χ0v) is 12.7. The lowest BCUT2D eigenvalue weighted by Crippen LogP contribution is -2.51. The summed E-state index contributed by atoms with van der Waals surface area (Å²) in [6.45, 7) is -0.998. The summed E-state index contributed by atoms with van der Waals surface area (Å²) in [4.78, 5) is 32.9. The summed E-state index contributed by atoms with van der Waals surface area (Å²) in [5.74, 6) is -5.43. The average molecular weight is 372 g/mol. The molecule has 0 aromatic carbocycles. The highest BCUT2D eigenvalue weighted by Gasteiger charge is 2.43. The van der Waals surface area contributed by atoms with Gasteiger partial charge < -0.3 is 50.7 Å². The van der Waals surface area contributed by atoms with Crippen LogP contribution in [0.2, 0.25) is 0 Å².